The molecule has 2 aromatic rings. The monoisotopic (exact) mass is 330 g/mol. The van der Waals surface area contributed by atoms with Gasteiger partial charge in [0.1, 0.15) is 6.10 Å². The number of pyridine rings is 1. The van der Waals surface area contributed by atoms with Crippen LogP contribution in [0.1, 0.15) is 52.4 Å². The molecule has 1 amide bonds. The smallest absolute Gasteiger partial charge is 0.254 e. The first kappa shape index (κ1) is 16.1. The SMILES string of the molecule is Cc1cc([C@@H]2CN(C(=O)c3csc(C(C)C)c3)CCO2)ccn1. The Bertz CT molecular complexity index is 696. The molecular formula is C18H22N2O2S. The van der Waals surface area contributed by atoms with E-state index in [1.165, 1.54) is 4.88 Å². The van der Waals surface area contributed by atoms with Gasteiger partial charge in [-0.05, 0) is 36.6 Å². The van der Waals surface area contributed by atoms with Gasteiger partial charge in [0.05, 0.1) is 18.7 Å². The van der Waals surface area contributed by atoms with Crippen molar-refractivity contribution in [3.63, 3.8) is 0 Å². The summed E-state index contributed by atoms with van der Waals surface area (Å²) in [5.74, 6) is 0.561. The zero-order valence-corrected chi connectivity index (χ0v) is 14.6. The van der Waals surface area contributed by atoms with Gasteiger partial charge in [0.25, 0.3) is 5.91 Å². The van der Waals surface area contributed by atoms with Crippen LogP contribution in [0.25, 0.3) is 0 Å². The highest BCUT2D eigenvalue weighted by atomic mass is 32.1. The van der Waals surface area contributed by atoms with E-state index in [0.29, 0.717) is 25.6 Å². The molecule has 23 heavy (non-hydrogen) atoms. The van der Waals surface area contributed by atoms with Crippen LogP contribution in [-0.2, 0) is 4.74 Å². The van der Waals surface area contributed by atoms with Gasteiger partial charge < -0.3 is 9.64 Å². The maximum absolute atomic E-state index is 12.7. The molecule has 1 fully saturated rings. The number of aryl methyl sites for hydroxylation is 1. The fourth-order valence-electron chi connectivity index (χ4n) is 2.75. The van der Waals surface area contributed by atoms with E-state index >= 15 is 0 Å². The lowest BCUT2D eigenvalue weighted by atomic mass is 10.1. The third-order valence-electron chi connectivity index (χ3n) is 4.08. The lowest BCUT2D eigenvalue weighted by molar-refractivity contribution is -0.0228. The number of hydrogen-bond acceptors (Lipinski definition) is 4. The number of hydrogen-bond donors (Lipinski definition) is 0. The molecule has 1 atom stereocenters. The molecule has 3 heterocycles. The van der Waals surface area contributed by atoms with Crippen molar-refractivity contribution in [2.75, 3.05) is 19.7 Å². The number of morpholine rings is 1. The summed E-state index contributed by atoms with van der Waals surface area (Å²) in [5, 5.41) is 1.97. The van der Waals surface area contributed by atoms with Gasteiger partial charge in [-0.3, -0.25) is 9.78 Å². The quantitative estimate of drug-likeness (QED) is 0.860. The third-order valence-corrected chi connectivity index (χ3v) is 5.32. The second-order valence-corrected chi connectivity index (χ2v) is 7.18. The van der Waals surface area contributed by atoms with E-state index in [-0.39, 0.29) is 12.0 Å². The topological polar surface area (TPSA) is 42.4 Å². The van der Waals surface area contributed by atoms with Crippen molar-refractivity contribution in [1.29, 1.82) is 0 Å². The number of amides is 1. The van der Waals surface area contributed by atoms with Crippen LogP contribution in [0.15, 0.2) is 29.8 Å². The maximum atomic E-state index is 12.7. The van der Waals surface area contributed by atoms with Crippen molar-refractivity contribution < 1.29 is 9.53 Å². The van der Waals surface area contributed by atoms with E-state index in [9.17, 15) is 4.79 Å². The normalized spacial score (nSPS) is 18.4. The maximum Gasteiger partial charge on any atom is 0.254 e. The highest BCUT2D eigenvalue weighted by Crippen LogP contribution is 2.27. The standard InChI is InChI=1S/C18H22N2O2S/c1-12(2)17-9-15(11-23-17)18(21)20-6-7-22-16(10-20)14-4-5-19-13(3)8-14/h4-5,8-9,11-12,16H,6-7,10H2,1-3H3/t16-/m0/s1. The van der Waals surface area contributed by atoms with Gasteiger partial charge in [0.15, 0.2) is 0 Å². The minimum absolute atomic E-state index is 0.0717. The first-order valence-electron chi connectivity index (χ1n) is 7.96. The molecule has 1 saturated heterocycles. The van der Waals surface area contributed by atoms with E-state index in [4.69, 9.17) is 4.74 Å². The van der Waals surface area contributed by atoms with Crippen molar-refractivity contribution in [3.05, 3.63) is 51.5 Å². The van der Waals surface area contributed by atoms with Gasteiger partial charge in [0.2, 0.25) is 0 Å². The molecule has 1 aliphatic rings. The number of nitrogens with zero attached hydrogens (tertiary/aromatic N) is 2. The zero-order valence-electron chi connectivity index (χ0n) is 13.8. The van der Waals surface area contributed by atoms with Crippen LogP contribution in [0.5, 0.6) is 0 Å². The molecule has 5 heteroatoms. The molecule has 0 radical (unpaired) electrons. The van der Waals surface area contributed by atoms with Crippen molar-refractivity contribution in [3.8, 4) is 0 Å². The lowest BCUT2D eigenvalue weighted by Gasteiger charge is -2.33. The molecule has 0 saturated carbocycles. The molecule has 0 aromatic carbocycles. The molecule has 4 nitrogen and oxygen atoms in total. The van der Waals surface area contributed by atoms with Crippen LogP contribution in [0.4, 0.5) is 0 Å². The van der Waals surface area contributed by atoms with E-state index in [2.05, 4.69) is 18.8 Å². The van der Waals surface area contributed by atoms with Gasteiger partial charge in [-0.25, -0.2) is 0 Å². The van der Waals surface area contributed by atoms with Crippen LogP contribution < -0.4 is 0 Å². The molecule has 3 rings (SSSR count). The van der Waals surface area contributed by atoms with Crippen LogP contribution in [0.2, 0.25) is 0 Å². The Morgan fingerprint density at radius 1 is 1.43 bits per heavy atom. The summed E-state index contributed by atoms with van der Waals surface area (Å²) >= 11 is 1.66. The van der Waals surface area contributed by atoms with E-state index in [1.54, 1.807) is 17.5 Å². The molecular weight excluding hydrogens is 308 g/mol. The second-order valence-electron chi connectivity index (χ2n) is 6.23. The zero-order chi connectivity index (χ0) is 16.4. The van der Waals surface area contributed by atoms with Crippen LogP contribution >= 0.6 is 11.3 Å². The van der Waals surface area contributed by atoms with Gasteiger partial charge in [0, 0.05) is 28.7 Å². The molecule has 122 valence electrons. The van der Waals surface area contributed by atoms with Gasteiger partial charge in [-0.1, -0.05) is 13.8 Å². The van der Waals surface area contributed by atoms with Crippen LogP contribution in [-0.4, -0.2) is 35.5 Å². The summed E-state index contributed by atoms with van der Waals surface area (Å²) in [5.41, 5.74) is 2.85. The van der Waals surface area contributed by atoms with Crippen LogP contribution in [0, 0.1) is 6.92 Å². The van der Waals surface area contributed by atoms with Crippen molar-refractivity contribution in [2.45, 2.75) is 32.8 Å². The fourth-order valence-corrected chi connectivity index (χ4v) is 3.65. The minimum Gasteiger partial charge on any atom is -0.370 e. The minimum atomic E-state index is -0.0717. The molecule has 0 N–H and O–H groups in total. The Kier molecular flexibility index (Phi) is 4.78. The predicted octanol–water partition coefficient (Wildman–Crippen LogP) is 3.79. The third kappa shape index (κ3) is 3.62. The molecule has 0 spiro atoms. The van der Waals surface area contributed by atoms with Crippen LogP contribution in [0.3, 0.4) is 0 Å². The van der Waals surface area contributed by atoms with Crippen molar-refractivity contribution in [1.82, 2.24) is 9.88 Å². The summed E-state index contributed by atoms with van der Waals surface area (Å²) in [4.78, 5) is 20.1. The number of carbonyl (C=O) groups excluding carboxylic acids is 1. The highest BCUT2D eigenvalue weighted by molar-refractivity contribution is 7.10. The van der Waals surface area contributed by atoms with Gasteiger partial charge >= 0.3 is 0 Å². The number of carbonyl (C=O) groups is 1. The lowest BCUT2D eigenvalue weighted by Crippen LogP contribution is -2.42. The number of ether oxygens (including phenoxy) is 1. The summed E-state index contributed by atoms with van der Waals surface area (Å²) in [6.45, 7) is 8.07. The first-order valence-corrected chi connectivity index (χ1v) is 8.84. The Labute approximate surface area is 141 Å². The predicted molar refractivity (Wildman–Crippen MR) is 92.0 cm³/mol. The fraction of sp³-hybridized carbons (Fsp3) is 0.444. The van der Waals surface area contributed by atoms with E-state index in [0.717, 1.165) is 16.8 Å². The Balaban J connectivity index is 1.73. The van der Waals surface area contributed by atoms with Crippen molar-refractivity contribution >= 4 is 17.2 Å². The number of thiophene rings is 1. The molecule has 2 aromatic heterocycles. The molecule has 0 aliphatic carbocycles. The average molecular weight is 330 g/mol. The molecule has 0 unspecified atom stereocenters. The first-order chi connectivity index (χ1) is 11.0. The summed E-state index contributed by atoms with van der Waals surface area (Å²) in [7, 11) is 0. The largest absolute Gasteiger partial charge is 0.370 e. The van der Waals surface area contributed by atoms with E-state index < -0.39 is 0 Å². The Morgan fingerprint density at radius 2 is 2.26 bits per heavy atom. The Morgan fingerprint density at radius 3 is 2.96 bits per heavy atom. The number of aromatic nitrogens is 1. The van der Waals surface area contributed by atoms with E-state index in [1.807, 2.05) is 35.4 Å². The Hall–Kier alpha value is -1.72. The summed E-state index contributed by atoms with van der Waals surface area (Å²) in [6, 6.07) is 6.02. The summed E-state index contributed by atoms with van der Waals surface area (Å²) < 4.78 is 5.86. The van der Waals surface area contributed by atoms with Gasteiger partial charge in [-0.15, -0.1) is 11.3 Å². The highest BCUT2D eigenvalue weighted by Gasteiger charge is 2.27. The average Bonchev–Trinajstić information content (AvgIpc) is 3.04. The molecule has 0 bridgehead atoms. The second kappa shape index (κ2) is 6.81. The number of rotatable bonds is 3. The summed E-state index contributed by atoms with van der Waals surface area (Å²) in [6.07, 6.45) is 1.72. The van der Waals surface area contributed by atoms with Crippen molar-refractivity contribution in [2.24, 2.45) is 0 Å². The van der Waals surface area contributed by atoms with Gasteiger partial charge in [-0.2, -0.15) is 0 Å². The molecule has 1 aliphatic heterocycles.